The van der Waals surface area contributed by atoms with Crippen molar-refractivity contribution in [2.75, 3.05) is 13.1 Å². The zero-order chi connectivity index (χ0) is 21.4. The fraction of sp³-hybridized carbons (Fsp3) is 0.227. The van der Waals surface area contributed by atoms with Gasteiger partial charge in [-0.3, -0.25) is 4.98 Å². The third kappa shape index (κ3) is 3.70. The summed E-state index contributed by atoms with van der Waals surface area (Å²) in [4.78, 5) is 4.50. The molecule has 2 aromatic carbocycles. The van der Waals surface area contributed by atoms with E-state index in [-0.39, 0.29) is 16.6 Å². The van der Waals surface area contributed by atoms with Crippen molar-refractivity contribution < 1.29 is 17.2 Å². The van der Waals surface area contributed by atoms with E-state index in [9.17, 15) is 12.8 Å². The van der Waals surface area contributed by atoms with E-state index < -0.39 is 10.0 Å². The number of pyridine rings is 1. The van der Waals surface area contributed by atoms with Gasteiger partial charge < -0.3 is 4.42 Å². The quantitative estimate of drug-likeness (QED) is 0.479. The lowest BCUT2D eigenvalue weighted by Gasteiger charge is -2.29. The third-order valence-corrected chi connectivity index (χ3v) is 7.48. The number of aromatic nitrogens is 3. The van der Waals surface area contributed by atoms with E-state index in [2.05, 4.69) is 15.2 Å². The Balaban J connectivity index is 1.33. The minimum atomic E-state index is -3.67. The molecule has 1 aliphatic rings. The number of nitrogens with zero attached hydrogens (tertiary/aromatic N) is 4. The van der Waals surface area contributed by atoms with E-state index in [0.717, 1.165) is 5.39 Å². The fourth-order valence-electron chi connectivity index (χ4n) is 3.88. The molecular weight excluding hydrogens is 419 g/mol. The molecule has 0 radical (unpaired) electrons. The number of halogens is 1. The van der Waals surface area contributed by atoms with E-state index in [1.54, 1.807) is 36.5 Å². The lowest BCUT2D eigenvalue weighted by molar-refractivity contribution is 0.291. The predicted molar refractivity (Wildman–Crippen MR) is 112 cm³/mol. The SMILES string of the molecule is O=S(=O)(c1cccc2cccnc12)N1CCC(c2nnc(-c3ccc(F)cc3)o2)CC1. The molecule has 1 saturated heterocycles. The molecule has 31 heavy (non-hydrogen) atoms. The number of rotatable bonds is 4. The fourth-order valence-corrected chi connectivity index (χ4v) is 5.51. The summed E-state index contributed by atoms with van der Waals surface area (Å²) in [6.45, 7) is 0.703. The summed E-state index contributed by atoms with van der Waals surface area (Å²) in [6.07, 6.45) is 2.74. The van der Waals surface area contributed by atoms with Gasteiger partial charge in [-0.15, -0.1) is 10.2 Å². The van der Waals surface area contributed by atoms with E-state index in [0.29, 0.717) is 48.8 Å². The van der Waals surface area contributed by atoms with Gasteiger partial charge in [0.05, 0.1) is 5.52 Å². The van der Waals surface area contributed by atoms with Gasteiger partial charge in [0, 0.05) is 36.2 Å². The number of piperidine rings is 1. The van der Waals surface area contributed by atoms with Crippen LogP contribution in [-0.4, -0.2) is 41.0 Å². The lowest BCUT2D eigenvalue weighted by atomic mass is 9.98. The van der Waals surface area contributed by atoms with Gasteiger partial charge in [-0.05, 0) is 49.2 Å². The minimum Gasteiger partial charge on any atom is -0.420 e. The highest BCUT2D eigenvalue weighted by Gasteiger charge is 2.33. The molecule has 7 nitrogen and oxygen atoms in total. The van der Waals surface area contributed by atoms with Crippen LogP contribution in [0.4, 0.5) is 4.39 Å². The van der Waals surface area contributed by atoms with Gasteiger partial charge in [-0.2, -0.15) is 4.31 Å². The Morgan fingerprint density at radius 3 is 2.48 bits per heavy atom. The van der Waals surface area contributed by atoms with Crippen LogP contribution in [0.2, 0.25) is 0 Å². The molecule has 3 heterocycles. The van der Waals surface area contributed by atoms with Gasteiger partial charge in [0.25, 0.3) is 0 Å². The number of benzene rings is 2. The summed E-state index contributed by atoms with van der Waals surface area (Å²) in [7, 11) is -3.67. The maximum atomic E-state index is 13.3. The molecule has 158 valence electrons. The van der Waals surface area contributed by atoms with Gasteiger partial charge in [0.2, 0.25) is 21.8 Å². The number of fused-ring (bicyclic) bond motifs is 1. The normalized spacial score (nSPS) is 16.0. The second kappa shape index (κ2) is 7.82. The molecule has 2 aromatic heterocycles. The van der Waals surface area contributed by atoms with Crippen LogP contribution in [0.1, 0.15) is 24.7 Å². The van der Waals surface area contributed by atoms with Crippen LogP contribution < -0.4 is 0 Å². The summed E-state index contributed by atoms with van der Waals surface area (Å²) in [5.41, 5.74) is 1.12. The lowest BCUT2D eigenvalue weighted by Crippen LogP contribution is -2.38. The Labute approximate surface area is 178 Å². The highest BCUT2D eigenvalue weighted by Crippen LogP contribution is 2.32. The second-order valence-corrected chi connectivity index (χ2v) is 9.37. The highest BCUT2D eigenvalue weighted by molar-refractivity contribution is 7.89. The number of hydrogen-bond acceptors (Lipinski definition) is 6. The Kier molecular flexibility index (Phi) is 4.99. The Hall–Kier alpha value is -3.17. The summed E-state index contributed by atoms with van der Waals surface area (Å²) in [5, 5.41) is 8.99. The molecule has 0 spiro atoms. The maximum absolute atomic E-state index is 13.3. The summed E-state index contributed by atoms with van der Waals surface area (Å²) in [5.74, 6) is 0.437. The number of para-hydroxylation sites is 1. The van der Waals surface area contributed by atoms with Crippen LogP contribution in [0.3, 0.4) is 0 Å². The molecule has 0 bridgehead atoms. The van der Waals surface area contributed by atoms with Crippen molar-refractivity contribution in [2.24, 2.45) is 0 Å². The van der Waals surface area contributed by atoms with Gasteiger partial charge in [-0.25, -0.2) is 12.8 Å². The summed E-state index contributed by atoms with van der Waals surface area (Å²) >= 11 is 0. The van der Waals surface area contributed by atoms with Crippen LogP contribution in [0.15, 0.2) is 70.1 Å². The van der Waals surface area contributed by atoms with Gasteiger partial charge in [0.15, 0.2) is 0 Å². The van der Waals surface area contributed by atoms with E-state index in [4.69, 9.17) is 4.42 Å². The van der Waals surface area contributed by atoms with Crippen LogP contribution in [-0.2, 0) is 10.0 Å². The molecule has 1 fully saturated rings. The van der Waals surface area contributed by atoms with Crippen LogP contribution in [0.25, 0.3) is 22.4 Å². The summed E-state index contributed by atoms with van der Waals surface area (Å²) < 4.78 is 46.9. The maximum Gasteiger partial charge on any atom is 0.247 e. The average Bonchev–Trinajstić information content (AvgIpc) is 3.29. The first kappa shape index (κ1) is 19.8. The molecular formula is C22H19FN4O3S. The highest BCUT2D eigenvalue weighted by atomic mass is 32.2. The molecule has 0 aliphatic carbocycles. The second-order valence-electron chi connectivity index (χ2n) is 7.46. The van der Waals surface area contributed by atoms with Crippen molar-refractivity contribution in [1.82, 2.24) is 19.5 Å². The first-order valence-electron chi connectivity index (χ1n) is 9.95. The van der Waals surface area contributed by atoms with Crippen LogP contribution >= 0.6 is 0 Å². The first-order chi connectivity index (χ1) is 15.0. The first-order valence-corrected chi connectivity index (χ1v) is 11.4. The Morgan fingerprint density at radius 1 is 0.968 bits per heavy atom. The van der Waals surface area contributed by atoms with Crippen LogP contribution in [0.5, 0.6) is 0 Å². The van der Waals surface area contributed by atoms with Crippen molar-refractivity contribution in [3.05, 3.63) is 72.5 Å². The predicted octanol–water partition coefficient (Wildman–Crippen LogP) is 3.99. The van der Waals surface area contributed by atoms with Crippen molar-refractivity contribution in [3.63, 3.8) is 0 Å². The molecule has 0 unspecified atom stereocenters. The van der Waals surface area contributed by atoms with Crippen molar-refractivity contribution in [3.8, 4) is 11.5 Å². The van der Waals surface area contributed by atoms with Crippen LogP contribution in [0, 0.1) is 5.82 Å². The molecule has 0 amide bonds. The summed E-state index contributed by atoms with van der Waals surface area (Å²) in [6, 6.07) is 14.7. The zero-order valence-corrected chi connectivity index (χ0v) is 17.3. The topological polar surface area (TPSA) is 89.2 Å². The Bertz CT molecular complexity index is 1330. The standard InChI is InChI=1S/C22H19FN4O3S/c23-18-8-6-16(7-9-18)21-25-26-22(30-21)17-10-13-27(14-11-17)31(28,29)19-5-1-3-15-4-2-12-24-20(15)19/h1-9,12,17H,10-11,13-14H2. The molecule has 9 heteroatoms. The molecule has 0 N–H and O–H groups in total. The molecule has 0 atom stereocenters. The molecule has 5 rings (SSSR count). The minimum absolute atomic E-state index is 0.0289. The van der Waals surface area contributed by atoms with Gasteiger partial charge >= 0.3 is 0 Å². The van der Waals surface area contributed by atoms with E-state index >= 15 is 0 Å². The van der Waals surface area contributed by atoms with Crippen molar-refractivity contribution in [2.45, 2.75) is 23.7 Å². The largest absolute Gasteiger partial charge is 0.420 e. The van der Waals surface area contributed by atoms with Gasteiger partial charge in [-0.1, -0.05) is 18.2 Å². The van der Waals surface area contributed by atoms with Gasteiger partial charge in [0.1, 0.15) is 10.7 Å². The van der Waals surface area contributed by atoms with E-state index in [1.807, 2.05) is 12.1 Å². The number of hydrogen-bond donors (Lipinski definition) is 0. The molecule has 0 saturated carbocycles. The molecule has 4 aromatic rings. The van der Waals surface area contributed by atoms with Crippen molar-refractivity contribution in [1.29, 1.82) is 0 Å². The average molecular weight is 438 g/mol. The monoisotopic (exact) mass is 438 g/mol. The molecule has 1 aliphatic heterocycles. The third-order valence-electron chi connectivity index (χ3n) is 5.55. The smallest absolute Gasteiger partial charge is 0.247 e. The van der Waals surface area contributed by atoms with E-state index in [1.165, 1.54) is 16.4 Å². The zero-order valence-electron chi connectivity index (χ0n) is 16.5. The number of sulfonamides is 1. The van der Waals surface area contributed by atoms with Crippen molar-refractivity contribution >= 4 is 20.9 Å². The Morgan fingerprint density at radius 2 is 1.71 bits per heavy atom.